The van der Waals surface area contributed by atoms with E-state index >= 15 is 0 Å². The highest BCUT2D eigenvalue weighted by atomic mass is 16.2. The van der Waals surface area contributed by atoms with E-state index in [4.69, 9.17) is 0 Å². The molecule has 1 aliphatic heterocycles. The van der Waals surface area contributed by atoms with Crippen LogP contribution >= 0.6 is 0 Å². The Bertz CT molecular complexity index is 667. The van der Waals surface area contributed by atoms with E-state index in [0.29, 0.717) is 11.6 Å². The lowest BCUT2D eigenvalue weighted by atomic mass is 10.1. The van der Waals surface area contributed by atoms with Gasteiger partial charge in [0.05, 0.1) is 5.69 Å². The van der Waals surface area contributed by atoms with Crippen LogP contribution in [0, 0.1) is 0 Å². The number of para-hydroxylation sites is 1. The number of rotatable bonds is 3. The first kappa shape index (κ1) is 13.6. The molecule has 1 amide bonds. The van der Waals surface area contributed by atoms with Crippen LogP contribution in [-0.4, -0.2) is 33.7 Å². The summed E-state index contributed by atoms with van der Waals surface area (Å²) in [5.41, 5.74) is 2.83. The van der Waals surface area contributed by atoms with Crippen molar-refractivity contribution in [1.82, 2.24) is 14.7 Å². The Balaban J connectivity index is 1.67. The maximum Gasteiger partial charge on any atom is 0.274 e. The minimum atomic E-state index is 0.0938. The topological polar surface area (TPSA) is 38.1 Å². The summed E-state index contributed by atoms with van der Waals surface area (Å²) >= 11 is 0. The second-order valence-corrected chi connectivity index (χ2v) is 6.33. The molecule has 0 unspecified atom stereocenters. The molecule has 1 saturated heterocycles. The van der Waals surface area contributed by atoms with Gasteiger partial charge in [-0.05, 0) is 50.3 Å². The molecule has 0 radical (unpaired) electrons. The molecule has 114 valence electrons. The lowest BCUT2D eigenvalue weighted by Crippen LogP contribution is -2.35. The molecule has 2 fully saturated rings. The van der Waals surface area contributed by atoms with Crippen molar-refractivity contribution in [3.05, 3.63) is 47.8 Å². The molecular formula is C18H21N3O. The van der Waals surface area contributed by atoms with Gasteiger partial charge in [0.1, 0.15) is 0 Å². The highest BCUT2D eigenvalue weighted by molar-refractivity contribution is 5.92. The molecular weight excluding hydrogens is 274 g/mol. The van der Waals surface area contributed by atoms with Gasteiger partial charge >= 0.3 is 0 Å². The van der Waals surface area contributed by atoms with Crippen LogP contribution in [0.15, 0.2) is 36.4 Å². The van der Waals surface area contributed by atoms with Crippen molar-refractivity contribution >= 4 is 5.91 Å². The first-order valence-electron chi connectivity index (χ1n) is 8.27. The van der Waals surface area contributed by atoms with Crippen molar-refractivity contribution in [2.75, 3.05) is 13.1 Å². The van der Waals surface area contributed by atoms with Crippen LogP contribution in [0.1, 0.15) is 54.2 Å². The summed E-state index contributed by atoms with van der Waals surface area (Å²) in [4.78, 5) is 14.6. The normalized spacial score (nSPS) is 18.5. The zero-order valence-electron chi connectivity index (χ0n) is 12.7. The van der Waals surface area contributed by atoms with Crippen LogP contribution < -0.4 is 0 Å². The van der Waals surface area contributed by atoms with Crippen molar-refractivity contribution in [2.24, 2.45) is 0 Å². The smallest absolute Gasteiger partial charge is 0.274 e. The summed E-state index contributed by atoms with van der Waals surface area (Å²) in [7, 11) is 0. The number of hydrogen-bond donors (Lipinski definition) is 0. The van der Waals surface area contributed by atoms with Gasteiger partial charge in [-0.15, -0.1) is 0 Å². The van der Waals surface area contributed by atoms with Gasteiger partial charge in [0.2, 0.25) is 0 Å². The van der Waals surface area contributed by atoms with Crippen LogP contribution in [0.4, 0.5) is 0 Å². The highest BCUT2D eigenvalue weighted by Crippen LogP contribution is 2.41. The van der Waals surface area contributed by atoms with Gasteiger partial charge in [-0.2, -0.15) is 5.10 Å². The summed E-state index contributed by atoms with van der Waals surface area (Å²) < 4.78 is 1.97. The second kappa shape index (κ2) is 5.59. The fourth-order valence-electron chi connectivity index (χ4n) is 3.20. The fourth-order valence-corrected chi connectivity index (χ4v) is 3.20. The van der Waals surface area contributed by atoms with E-state index in [1.165, 1.54) is 25.0 Å². The van der Waals surface area contributed by atoms with Crippen molar-refractivity contribution in [1.29, 1.82) is 0 Å². The molecule has 4 heteroatoms. The minimum absolute atomic E-state index is 0.0938. The highest BCUT2D eigenvalue weighted by Gasteiger charge is 2.30. The molecule has 1 saturated carbocycles. The third-order valence-corrected chi connectivity index (χ3v) is 4.60. The maximum absolute atomic E-state index is 12.7. The Morgan fingerprint density at radius 1 is 1.05 bits per heavy atom. The largest absolute Gasteiger partial charge is 0.337 e. The number of nitrogens with zero attached hydrogens (tertiary/aromatic N) is 3. The predicted molar refractivity (Wildman–Crippen MR) is 85.3 cm³/mol. The van der Waals surface area contributed by atoms with Crippen LogP contribution in [-0.2, 0) is 0 Å². The Hall–Kier alpha value is -2.10. The Morgan fingerprint density at radius 3 is 2.45 bits per heavy atom. The predicted octanol–water partition coefficient (Wildman–Crippen LogP) is 3.38. The van der Waals surface area contributed by atoms with Crippen molar-refractivity contribution in [3.63, 3.8) is 0 Å². The van der Waals surface area contributed by atoms with Crippen LogP contribution in [0.5, 0.6) is 0 Å². The number of likely N-dealkylation sites (tertiary alicyclic amines) is 1. The number of aromatic nitrogens is 2. The average molecular weight is 295 g/mol. The van der Waals surface area contributed by atoms with Gasteiger partial charge in [0.15, 0.2) is 5.69 Å². The number of carbonyl (C=O) groups is 1. The molecule has 0 bridgehead atoms. The molecule has 22 heavy (non-hydrogen) atoms. The number of hydrogen-bond acceptors (Lipinski definition) is 2. The van der Waals surface area contributed by atoms with Gasteiger partial charge in [0.25, 0.3) is 5.91 Å². The molecule has 4 rings (SSSR count). The molecule has 4 nitrogen and oxygen atoms in total. The third-order valence-electron chi connectivity index (χ3n) is 4.60. The zero-order chi connectivity index (χ0) is 14.9. The van der Waals surface area contributed by atoms with E-state index in [0.717, 1.165) is 31.6 Å². The number of amides is 1. The molecule has 2 aromatic rings. The lowest BCUT2D eigenvalue weighted by molar-refractivity contribution is 0.0718. The second-order valence-electron chi connectivity index (χ2n) is 6.33. The number of benzene rings is 1. The summed E-state index contributed by atoms with van der Waals surface area (Å²) in [5, 5.41) is 4.64. The summed E-state index contributed by atoms with van der Waals surface area (Å²) in [5.74, 6) is 0.659. The average Bonchev–Trinajstić information content (AvgIpc) is 3.34. The van der Waals surface area contributed by atoms with Crippen LogP contribution in [0.2, 0.25) is 0 Å². The fraction of sp³-hybridized carbons (Fsp3) is 0.444. The van der Waals surface area contributed by atoms with Gasteiger partial charge in [0, 0.05) is 24.7 Å². The molecule has 1 aromatic heterocycles. The SMILES string of the molecule is O=C(c1cc(C2CC2)n(-c2ccccc2)n1)N1CCCCC1. The van der Waals surface area contributed by atoms with Gasteiger partial charge in [-0.25, -0.2) is 4.68 Å². The first-order valence-corrected chi connectivity index (χ1v) is 8.27. The Kier molecular flexibility index (Phi) is 3.45. The van der Waals surface area contributed by atoms with Crippen molar-refractivity contribution < 1.29 is 4.79 Å². The monoisotopic (exact) mass is 295 g/mol. The molecule has 1 aliphatic carbocycles. The van der Waals surface area contributed by atoms with E-state index < -0.39 is 0 Å². The summed E-state index contributed by atoms with van der Waals surface area (Å²) in [6, 6.07) is 12.1. The standard InChI is InChI=1S/C18H21N3O/c22-18(20-11-5-2-6-12-20)16-13-17(14-9-10-14)21(19-16)15-7-3-1-4-8-15/h1,3-4,7-8,13-14H,2,5-6,9-12H2. The molecule has 2 aliphatic rings. The van der Waals surface area contributed by atoms with Crippen molar-refractivity contribution in [2.45, 2.75) is 38.0 Å². The van der Waals surface area contributed by atoms with Crippen LogP contribution in [0.25, 0.3) is 5.69 Å². The lowest BCUT2D eigenvalue weighted by Gasteiger charge is -2.25. The summed E-state index contributed by atoms with van der Waals surface area (Å²) in [6.07, 6.45) is 5.86. The van der Waals surface area contributed by atoms with Gasteiger partial charge in [-0.3, -0.25) is 4.79 Å². The van der Waals surface area contributed by atoms with E-state index in [1.54, 1.807) is 0 Å². The van der Waals surface area contributed by atoms with Gasteiger partial charge < -0.3 is 4.90 Å². The van der Waals surface area contributed by atoms with E-state index in [9.17, 15) is 4.79 Å². The van der Waals surface area contributed by atoms with E-state index in [2.05, 4.69) is 5.10 Å². The van der Waals surface area contributed by atoms with Gasteiger partial charge in [-0.1, -0.05) is 18.2 Å². The quantitative estimate of drug-likeness (QED) is 0.870. The Morgan fingerprint density at radius 2 is 1.77 bits per heavy atom. The summed E-state index contributed by atoms with van der Waals surface area (Å²) in [6.45, 7) is 1.74. The molecule has 0 atom stereocenters. The number of piperidine rings is 1. The number of carbonyl (C=O) groups excluding carboxylic acids is 1. The molecule has 0 N–H and O–H groups in total. The molecule has 2 heterocycles. The third kappa shape index (κ3) is 2.54. The molecule has 1 aromatic carbocycles. The van der Waals surface area contributed by atoms with E-state index in [1.807, 2.05) is 46.0 Å². The van der Waals surface area contributed by atoms with Crippen LogP contribution in [0.3, 0.4) is 0 Å². The van der Waals surface area contributed by atoms with E-state index in [-0.39, 0.29) is 5.91 Å². The minimum Gasteiger partial charge on any atom is -0.337 e. The Labute approximate surface area is 130 Å². The maximum atomic E-state index is 12.7. The zero-order valence-corrected chi connectivity index (χ0v) is 12.7. The first-order chi connectivity index (χ1) is 10.8. The van der Waals surface area contributed by atoms with Crippen molar-refractivity contribution in [3.8, 4) is 5.69 Å². The molecule has 0 spiro atoms.